The minimum absolute atomic E-state index is 0.0233. The smallest absolute Gasteiger partial charge is 0.161 e. The Morgan fingerprint density at radius 3 is 2.53 bits per heavy atom. The Kier molecular flexibility index (Phi) is 3.82. The van der Waals surface area contributed by atoms with Crippen molar-refractivity contribution in [2.45, 2.75) is 19.5 Å². The number of halogens is 2. The maximum Gasteiger partial charge on any atom is 0.161 e. The van der Waals surface area contributed by atoms with Crippen molar-refractivity contribution in [1.82, 2.24) is 14.5 Å². The lowest BCUT2D eigenvalue weighted by atomic mass is 10.2. The Morgan fingerprint density at radius 2 is 1.95 bits per heavy atom. The third-order valence-electron chi connectivity index (χ3n) is 3.04. The molecule has 104 valence electrons. The number of nitrogens with two attached hydrogens (primary N) is 1. The number of nitrogens with zero attached hydrogens (tertiary/aromatic N) is 3. The highest BCUT2D eigenvalue weighted by molar-refractivity contribution is 5.76. The lowest BCUT2D eigenvalue weighted by Crippen LogP contribution is -2.21. The molecule has 0 radical (unpaired) electrons. The Hall–Kier alpha value is -1.53. The van der Waals surface area contributed by atoms with E-state index >= 15 is 0 Å². The van der Waals surface area contributed by atoms with Crippen molar-refractivity contribution in [2.75, 3.05) is 20.6 Å². The van der Waals surface area contributed by atoms with Gasteiger partial charge in [0.1, 0.15) is 5.82 Å². The summed E-state index contributed by atoms with van der Waals surface area (Å²) in [5.41, 5.74) is 6.72. The number of fused-ring (bicyclic) bond motifs is 1. The zero-order chi connectivity index (χ0) is 14.2. The van der Waals surface area contributed by atoms with Gasteiger partial charge in [0.25, 0.3) is 0 Å². The SMILES string of the molecule is CC(CN)n1c(CN(C)C)nc2cc(F)c(F)cc21. The quantitative estimate of drug-likeness (QED) is 0.921. The van der Waals surface area contributed by atoms with Crippen LogP contribution in [0.1, 0.15) is 18.8 Å². The van der Waals surface area contributed by atoms with Crippen molar-refractivity contribution in [3.05, 3.63) is 29.6 Å². The Bertz CT molecular complexity index is 592. The molecule has 1 aromatic carbocycles. The highest BCUT2D eigenvalue weighted by Gasteiger charge is 2.17. The summed E-state index contributed by atoms with van der Waals surface area (Å²) in [6.07, 6.45) is 0. The summed E-state index contributed by atoms with van der Waals surface area (Å²) < 4.78 is 28.6. The van der Waals surface area contributed by atoms with E-state index in [2.05, 4.69) is 4.98 Å². The zero-order valence-corrected chi connectivity index (χ0v) is 11.3. The first-order valence-corrected chi connectivity index (χ1v) is 6.14. The summed E-state index contributed by atoms with van der Waals surface area (Å²) >= 11 is 0. The first kappa shape index (κ1) is 13.9. The molecule has 0 amide bonds. The Labute approximate surface area is 110 Å². The molecule has 0 bridgehead atoms. The third-order valence-corrected chi connectivity index (χ3v) is 3.04. The highest BCUT2D eigenvalue weighted by atomic mass is 19.2. The van der Waals surface area contributed by atoms with Gasteiger partial charge in [-0.25, -0.2) is 13.8 Å². The van der Waals surface area contributed by atoms with Gasteiger partial charge in [0.05, 0.1) is 17.6 Å². The van der Waals surface area contributed by atoms with E-state index in [4.69, 9.17) is 5.73 Å². The van der Waals surface area contributed by atoms with E-state index < -0.39 is 11.6 Å². The Morgan fingerprint density at radius 1 is 1.32 bits per heavy atom. The number of aromatic nitrogens is 2. The number of imidazole rings is 1. The van der Waals surface area contributed by atoms with Crippen LogP contribution < -0.4 is 5.73 Å². The second-order valence-electron chi connectivity index (χ2n) is 4.98. The molecule has 1 heterocycles. The van der Waals surface area contributed by atoms with Crippen LogP contribution in [0.15, 0.2) is 12.1 Å². The first-order valence-electron chi connectivity index (χ1n) is 6.14. The normalized spacial score (nSPS) is 13.4. The molecular formula is C13H18F2N4. The molecule has 0 spiro atoms. The van der Waals surface area contributed by atoms with Crippen LogP contribution >= 0.6 is 0 Å². The molecule has 2 N–H and O–H groups in total. The fourth-order valence-corrected chi connectivity index (χ4v) is 2.13. The van der Waals surface area contributed by atoms with Crippen LogP contribution in [-0.4, -0.2) is 35.1 Å². The predicted octanol–water partition coefficient (Wildman–Crippen LogP) is 1.90. The average molecular weight is 268 g/mol. The zero-order valence-electron chi connectivity index (χ0n) is 11.3. The Balaban J connectivity index is 2.66. The first-order chi connectivity index (χ1) is 8.93. The van der Waals surface area contributed by atoms with Crippen LogP contribution in [0, 0.1) is 11.6 Å². The summed E-state index contributed by atoms with van der Waals surface area (Å²) in [6, 6.07) is 2.29. The summed E-state index contributed by atoms with van der Waals surface area (Å²) in [5.74, 6) is -0.994. The molecule has 1 unspecified atom stereocenters. The monoisotopic (exact) mass is 268 g/mol. The second kappa shape index (κ2) is 5.22. The van der Waals surface area contributed by atoms with E-state index in [0.29, 0.717) is 24.1 Å². The number of rotatable bonds is 4. The minimum atomic E-state index is -0.881. The molecule has 1 atom stereocenters. The van der Waals surface area contributed by atoms with Gasteiger partial charge in [-0.3, -0.25) is 0 Å². The topological polar surface area (TPSA) is 47.1 Å². The maximum atomic E-state index is 13.4. The molecule has 0 fully saturated rings. The highest BCUT2D eigenvalue weighted by Crippen LogP contribution is 2.24. The summed E-state index contributed by atoms with van der Waals surface area (Å²) in [5, 5.41) is 0. The van der Waals surface area contributed by atoms with Gasteiger partial charge in [-0.15, -0.1) is 0 Å². The van der Waals surface area contributed by atoms with Gasteiger partial charge in [0.15, 0.2) is 11.6 Å². The standard InChI is InChI=1S/C13H18F2N4/c1-8(6-16)19-12-5-10(15)9(14)4-11(12)17-13(19)7-18(2)3/h4-5,8H,6-7,16H2,1-3H3. The largest absolute Gasteiger partial charge is 0.328 e. The van der Waals surface area contributed by atoms with Crippen LogP contribution in [0.2, 0.25) is 0 Å². The molecule has 1 aromatic heterocycles. The molecule has 2 aromatic rings. The number of hydrogen-bond acceptors (Lipinski definition) is 3. The molecule has 6 heteroatoms. The molecular weight excluding hydrogens is 250 g/mol. The number of benzene rings is 1. The average Bonchev–Trinajstić information content (AvgIpc) is 2.65. The van der Waals surface area contributed by atoms with Gasteiger partial charge in [-0.1, -0.05) is 0 Å². The van der Waals surface area contributed by atoms with Crippen LogP contribution in [0.3, 0.4) is 0 Å². The van der Waals surface area contributed by atoms with Gasteiger partial charge in [-0.05, 0) is 21.0 Å². The molecule has 19 heavy (non-hydrogen) atoms. The van der Waals surface area contributed by atoms with Gasteiger partial charge in [-0.2, -0.15) is 0 Å². The molecule has 0 saturated carbocycles. The van der Waals surface area contributed by atoms with Crippen LogP contribution in [0.25, 0.3) is 11.0 Å². The third kappa shape index (κ3) is 2.59. The van der Waals surface area contributed by atoms with Gasteiger partial charge in [0, 0.05) is 24.7 Å². The maximum absolute atomic E-state index is 13.4. The fraction of sp³-hybridized carbons (Fsp3) is 0.462. The van der Waals surface area contributed by atoms with Gasteiger partial charge < -0.3 is 15.2 Å². The molecule has 2 rings (SSSR count). The van der Waals surface area contributed by atoms with Crippen molar-refractivity contribution < 1.29 is 8.78 Å². The molecule has 4 nitrogen and oxygen atoms in total. The van der Waals surface area contributed by atoms with E-state index in [1.807, 2.05) is 30.5 Å². The minimum Gasteiger partial charge on any atom is -0.328 e. The van der Waals surface area contributed by atoms with E-state index in [1.54, 1.807) is 0 Å². The predicted molar refractivity (Wildman–Crippen MR) is 70.8 cm³/mol. The van der Waals surface area contributed by atoms with Crippen molar-refractivity contribution in [3.63, 3.8) is 0 Å². The van der Waals surface area contributed by atoms with Crippen LogP contribution in [0.5, 0.6) is 0 Å². The van der Waals surface area contributed by atoms with Gasteiger partial charge in [0.2, 0.25) is 0 Å². The second-order valence-corrected chi connectivity index (χ2v) is 4.98. The summed E-state index contributed by atoms with van der Waals surface area (Å²) in [4.78, 5) is 6.33. The van der Waals surface area contributed by atoms with E-state index in [1.165, 1.54) is 6.07 Å². The van der Waals surface area contributed by atoms with Crippen LogP contribution in [-0.2, 0) is 6.54 Å². The summed E-state index contributed by atoms with van der Waals surface area (Å²) in [6.45, 7) is 2.93. The van der Waals surface area contributed by atoms with Crippen LogP contribution in [0.4, 0.5) is 8.78 Å². The molecule has 0 aliphatic carbocycles. The van der Waals surface area contributed by atoms with Crippen molar-refractivity contribution in [3.8, 4) is 0 Å². The van der Waals surface area contributed by atoms with E-state index in [0.717, 1.165) is 11.9 Å². The van der Waals surface area contributed by atoms with E-state index in [-0.39, 0.29) is 6.04 Å². The molecule has 0 saturated heterocycles. The lowest BCUT2D eigenvalue weighted by molar-refractivity contribution is 0.374. The van der Waals surface area contributed by atoms with Crippen molar-refractivity contribution in [1.29, 1.82) is 0 Å². The lowest BCUT2D eigenvalue weighted by Gasteiger charge is -2.17. The molecule has 0 aliphatic rings. The fourth-order valence-electron chi connectivity index (χ4n) is 2.13. The summed E-state index contributed by atoms with van der Waals surface area (Å²) in [7, 11) is 3.83. The van der Waals surface area contributed by atoms with Crippen molar-refractivity contribution >= 4 is 11.0 Å². The number of hydrogen-bond donors (Lipinski definition) is 1. The van der Waals surface area contributed by atoms with Gasteiger partial charge >= 0.3 is 0 Å². The van der Waals surface area contributed by atoms with E-state index in [9.17, 15) is 8.78 Å². The molecule has 0 aliphatic heterocycles. The van der Waals surface area contributed by atoms with Crippen molar-refractivity contribution in [2.24, 2.45) is 5.73 Å².